The van der Waals surface area contributed by atoms with Crippen LogP contribution in [0.15, 0.2) is 60.9 Å². The molecule has 7 rings (SSSR count). The second-order valence-electron chi connectivity index (χ2n) is 14.2. The van der Waals surface area contributed by atoms with Gasteiger partial charge in [-0.15, -0.1) is 0 Å². The van der Waals surface area contributed by atoms with Crippen LogP contribution in [0.25, 0.3) is 5.65 Å². The van der Waals surface area contributed by atoms with Gasteiger partial charge in [-0.2, -0.15) is 5.10 Å². The largest absolute Gasteiger partial charge is 0.374 e. The van der Waals surface area contributed by atoms with Gasteiger partial charge in [0.15, 0.2) is 5.65 Å². The van der Waals surface area contributed by atoms with E-state index in [-0.39, 0.29) is 29.8 Å². The Labute approximate surface area is 302 Å². The van der Waals surface area contributed by atoms with E-state index in [0.717, 1.165) is 82.4 Å². The zero-order valence-electron chi connectivity index (χ0n) is 29.3. The summed E-state index contributed by atoms with van der Waals surface area (Å²) in [7, 11) is 0. The molecule has 3 saturated heterocycles. The highest BCUT2D eigenvalue weighted by Crippen LogP contribution is 2.37. The molecule has 2 aromatic heterocycles. The Kier molecular flexibility index (Phi) is 11.0. The molecule has 2 atom stereocenters. The topological polar surface area (TPSA) is 124 Å². The number of piperidine rings is 2. The molecule has 0 aliphatic carbocycles. The van der Waals surface area contributed by atoms with Crippen LogP contribution in [0.2, 0.25) is 0 Å². The van der Waals surface area contributed by atoms with Crippen LogP contribution in [-0.4, -0.2) is 76.0 Å². The third-order valence-electron chi connectivity index (χ3n) is 10.7. The molecule has 3 amide bonds. The molecule has 3 N–H and O–H groups in total. The second kappa shape index (κ2) is 16.2. The van der Waals surface area contributed by atoms with E-state index in [1.54, 1.807) is 16.8 Å². The maximum atomic E-state index is 14.6. The lowest BCUT2D eigenvalue weighted by Gasteiger charge is -2.32. The van der Waals surface area contributed by atoms with Crippen molar-refractivity contribution in [3.8, 4) is 0 Å². The SMILES string of the molecule is O=C1CCC(Nc2ccc(C3CCN(CCCCCCNC(=O)c4cnn5ccc(N6CCC[C@@H]6c6cc(F)ccc6F)nc45)CC3)cc2)C(=O)N1. The summed E-state index contributed by atoms with van der Waals surface area (Å²) in [6.45, 7) is 4.45. The lowest BCUT2D eigenvalue weighted by atomic mass is 9.89. The monoisotopic (exact) mass is 712 g/mol. The van der Waals surface area contributed by atoms with Crippen LogP contribution in [-0.2, 0) is 9.59 Å². The molecule has 52 heavy (non-hydrogen) atoms. The zero-order chi connectivity index (χ0) is 36.0. The van der Waals surface area contributed by atoms with Crippen molar-refractivity contribution in [2.24, 2.45) is 0 Å². The van der Waals surface area contributed by atoms with Crippen molar-refractivity contribution in [3.05, 3.63) is 89.2 Å². The van der Waals surface area contributed by atoms with Crippen LogP contribution in [0.4, 0.5) is 20.3 Å². The number of carbonyl (C=O) groups is 3. The molecule has 1 unspecified atom stereocenters. The van der Waals surface area contributed by atoms with E-state index in [1.807, 2.05) is 17.0 Å². The molecule has 3 aliphatic rings. The molecule has 0 spiro atoms. The van der Waals surface area contributed by atoms with E-state index in [9.17, 15) is 23.2 Å². The van der Waals surface area contributed by atoms with Crippen LogP contribution >= 0.6 is 0 Å². The molecular formula is C39H46F2N8O3. The number of nitrogens with one attached hydrogen (secondary N) is 3. The summed E-state index contributed by atoms with van der Waals surface area (Å²) in [6, 6.07) is 13.0. The number of likely N-dealkylation sites (tertiary alicyclic amines) is 1. The van der Waals surface area contributed by atoms with Crippen LogP contribution in [0, 0.1) is 11.6 Å². The number of imide groups is 1. The summed E-state index contributed by atoms with van der Waals surface area (Å²) in [5, 5.41) is 13.0. The Morgan fingerprint density at radius 2 is 1.73 bits per heavy atom. The molecule has 5 heterocycles. The van der Waals surface area contributed by atoms with Crippen LogP contribution in [0.1, 0.15) is 97.7 Å². The fourth-order valence-electron chi connectivity index (χ4n) is 7.80. The molecule has 13 heteroatoms. The minimum atomic E-state index is -0.470. The van der Waals surface area contributed by atoms with Gasteiger partial charge in [0.2, 0.25) is 11.8 Å². The normalized spacial score (nSPS) is 20.0. The van der Waals surface area contributed by atoms with Crippen molar-refractivity contribution in [1.29, 1.82) is 0 Å². The minimum Gasteiger partial charge on any atom is -0.374 e. The van der Waals surface area contributed by atoms with Gasteiger partial charge >= 0.3 is 0 Å². The highest BCUT2D eigenvalue weighted by Gasteiger charge is 2.31. The molecule has 3 aliphatic heterocycles. The summed E-state index contributed by atoms with van der Waals surface area (Å²) in [4.78, 5) is 45.8. The van der Waals surface area contributed by atoms with Gasteiger partial charge in [-0.05, 0) is 112 Å². The number of benzene rings is 2. The smallest absolute Gasteiger partial charge is 0.256 e. The molecule has 274 valence electrons. The van der Waals surface area contributed by atoms with Gasteiger partial charge < -0.3 is 20.4 Å². The quantitative estimate of drug-likeness (QED) is 0.119. The summed E-state index contributed by atoms with van der Waals surface area (Å²) in [6.07, 6.45) is 12.0. The van der Waals surface area contributed by atoms with E-state index in [0.29, 0.717) is 60.9 Å². The van der Waals surface area contributed by atoms with E-state index in [4.69, 9.17) is 4.98 Å². The Morgan fingerprint density at radius 3 is 2.54 bits per heavy atom. The number of fused-ring (bicyclic) bond motifs is 1. The summed E-state index contributed by atoms with van der Waals surface area (Å²) in [5.41, 5.74) is 3.36. The zero-order valence-corrected chi connectivity index (χ0v) is 29.3. The molecule has 3 fully saturated rings. The van der Waals surface area contributed by atoms with Crippen LogP contribution < -0.4 is 20.9 Å². The molecular weight excluding hydrogens is 666 g/mol. The number of halogens is 2. The molecule has 11 nitrogen and oxygen atoms in total. The number of hydrogen-bond donors (Lipinski definition) is 3. The van der Waals surface area contributed by atoms with Gasteiger partial charge in [-0.3, -0.25) is 19.7 Å². The van der Waals surface area contributed by atoms with Gasteiger partial charge in [-0.25, -0.2) is 18.3 Å². The van der Waals surface area contributed by atoms with Crippen molar-refractivity contribution in [2.45, 2.75) is 82.2 Å². The van der Waals surface area contributed by atoms with Gasteiger partial charge in [0.1, 0.15) is 29.1 Å². The first-order chi connectivity index (χ1) is 25.3. The summed E-state index contributed by atoms with van der Waals surface area (Å²) >= 11 is 0. The van der Waals surface area contributed by atoms with Gasteiger partial charge in [0, 0.05) is 37.0 Å². The Hall–Kier alpha value is -4.91. The van der Waals surface area contributed by atoms with Gasteiger partial charge in [-0.1, -0.05) is 25.0 Å². The summed E-state index contributed by atoms with van der Waals surface area (Å²) in [5.74, 6) is -0.467. The van der Waals surface area contributed by atoms with Crippen LogP contribution in [0.5, 0.6) is 0 Å². The van der Waals surface area contributed by atoms with E-state index in [2.05, 4.69) is 38.1 Å². The number of unbranched alkanes of at least 4 members (excludes halogenated alkanes) is 3. The predicted octanol–water partition coefficient (Wildman–Crippen LogP) is 5.74. The predicted molar refractivity (Wildman–Crippen MR) is 194 cm³/mol. The first kappa shape index (κ1) is 35.5. The fraction of sp³-hybridized carbons (Fsp3) is 0.462. The number of amides is 3. The number of anilines is 2. The highest BCUT2D eigenvalue weighted by atomic mass is 19.1. The molecule has 0 radical (unpaired) electrons. The molecule has 0 bridgehead atoms. The van der Waals surface area contributed by atoms with Gasteiger partial charge in [0.05, 0.1) is 12.2 Å². The molecule has 0 saturated carbocycles. The van der Waals surface area contributed by atoms with E-state index < -0.39 is 11.6 Å². The van der Waals surface area contributed by atoms with Crippen molar-refractivity contribution in [2.75, 3.05) is 42.9 Å². The standard InChI is InChI=1S/C39H46F2N8O3/c40-28-9-12-32(41)30(24-28)34-6-5-20-48(34)35-17-23-49-37(45-35)31(25-43-49)38(51)42-18-3-1-2-4-19-47-21-15-27(16-22-47)26-7-10-29(11-8-26)44-33-13-14-36(50)46-39(33)52/h7-12,17,23-25,27,33-34,44H,1-6,13-16,18-22H2,(H,42,51)(H,46,50,52)/t33?,34-/m1/s1. The van der Waals surface area contributed by atoms with Crippen molar-refractivity contribution in [3.63, 3.8) is 0 Å². The lowest BCUT2D eigenvalue weighted by Crippen LogP contribution is -2.47. The maximum Gasteiger partial charge on any atom is 0.256 e. The fourth-order valence-corrected chi connectivity index (χ4v) is 7.80. The van der Waals surface area contributed by atoms with Crippen molar-refractivity contribution < 1.29 is 23.2 Å². The minimum absolute atomic E-state index is 0.209. The van der Waals surface area contributed by atoms with Gasteiger partial charge in [0.25, 0.3) is 5.91 Å². The van der Waals surface area contributed by atoms with Crippen molar-refractivity contribution >= 4 is 34.9 Å². The van der Waals surface area contributed by atoms with E-state index >= 15 is 0 Å². The Balaban J connectivity index is 0.806. The first-order valence-corrected chi connectivity index (χ1v) is 18.6. The Bertz CT molecular complexity index is 1890. The maximum absolute atomic E-state index is 14.6. The van der Waals surface area contributed by atoms with Crippen molar-refractivity contribution in [1.82, 2.24) is 30.1 Å². The third-order valence-corrected chi connectivity index (χ3v) is 10.7. The van der Waals surface area contributed by atoms with E-state index in [1.165, 1.54) is 17.8 Å². The second-order valence-corrected chi connectivity index (χ2v) is 14.2. The third kappa shape index (κ3) is 8.25. The molecule has 2 aromatic carbocycles. The number of aromatic nitrogens is 3. The Morgan fingerprint density at radius 1 is 0.923 bits per heavy atom. The molecule has 4 aromatic rings. The number of nitrogens with zero attached hydrogens (tertiary/aromatic N) is 5. The average molecular weight is 713 g/mol. The first-order valence-electron chi connectivity index (χ1n) is 18.6. The summed E-state index contributed by atoms with van der Waals surface area (Å²) < 4.78 is 30.2. The highest BCUT2D eigenvalue weighted by molar-refractivity contribution is 6.01. The number of carbonyl (C=O) groups excluding carboxylic acids is 3. The lowest BCUT2D eigenvalue weighted by molar-refractivity contribution is -0.133. The number of hydrogen-bond acceptors (Lipinski definition) is 8. The average Bonchev–Trinajstić information content (AvgIpc) is 3.82. The number of rotatable bonds is 13. The van der Waals surface area contributed by atoms with Crippen LogP contribution in [0.3, 0.4) is 0 Å².